The minimum atomic E-state index is -2.72. The molecule has 2 fully saturated rings. The molecule has 0 radical (unpaired) electrons. The van der Waals surface area contributed by atoms with Crippen molar-refractivity contribution in [3.8, 4) is 0 Å². The average Bonchev–Trinajstić information content (AvgIpc) is 2.98. The molecule has 6 heteroatoms. The summed E-state index contributed by atoms with van der Waals surface area (Å²) in [5.74, 6) is -0.956. The second kappa shape index (κ2) is 3.95. The number of hydrogen-bond donors (Lipinski definition) is 1. The standard InChI is InChI=1S/C12H11BrF3NO/c1-5-2-6(13)3-8(10(5)14)12(11(15)16)7-4-9(7)18-17-12/h2-3,7,9,11,17H,4H2,1H3/t7-,9?,12?/m0/s1. The fourth-order valence-corrected chi connectivity index (χ4v) is 3.21. The van der Waals surface area contributed by atoms with Crippen LogP contribution >= 0.6 is 15.9 Å². The van der Waals surface area contributed by atoms with Crippen LogP contribution in [-0.4, -0.2) is 12.5 Å². The van der Waals surface area contributed by atoms with Gasteiger partial charge >= 0.3 is 0 Å². The van der Waals surface area contributed by atoms with Crippen LogP contribution in [0.15, 0.2) is 16.6 Å². The van der Waals surface area contributed by atoms with Crippen LogP contribution in [0, 0.1) is 18.7 Å². The van der Waals surface area contributed by atoms with Crippen molar-refractivity contribution in [3.05, 3.63) is 33.5 Å². The van der Waals surface area contributed by atoms with E-state index in [0.29, 0.717) is 16.5 Å². The van der Waals surface area contributed by atoms with Crippen molar-refractivity contribution in [2.75, 3.05) is 0 Å². The van der Waals surface area contributed by atoms with Gasteiger partial charge in [-0.25, -0.2) is 13.2 Å². The Bertz CT molecular complexity index is 510. The van der Waals surface area contributed by atoms with E-state index in [1.165, 1.54) is 6.07 Å². The quantitative estimate of drug-likeness (QED) is 0.902. The van der Waals surface area contributed by atoms with Gasteiger partial charge in [0.1, 0.15) is 11.4 Å². The minimum absolute atomic E-state index is 0.0191. The summed E-state index contributed by atoms with van der Waals surface area (Å²) in [5.41, 5.74) is 0.970. The number of halogens is 4. The molecule has 98 valence electrons. The van der Waals surface area contributed by atoms with Gasteiger partial charge in [0, 0.05) is 16.0 Å². The zero-order chi connectivity index (χ0) is 13.1. The van der Waals surface area contributed by atoms with E-state index < -0.39 is 17.8 Å². The molecule has 0 aromatic heterocycles. The normalized spacial score (nSPS) is 33.9. The summed E-state index contributed by atoms with van der Waals surface area (Å²) in [5, 5.41) is 0. The molecule has 2 aliphatic rings. The lowest BCUT2D eigenvalue weighted by Gasteiger charge is -2.30. The van der Waals surface area contributed by atoms with Gasteiger partial charge < -0.3 is 0 Å². The van der Waals surface area contributed by atoms with Crippen molar-refractivity contribution >= 4 is 15.9 Å². The summed E-state index contributed by atoms with van der Waals surface area (Å²) in [6.07, 6.45) is -2.40. The first-order chi connectivity index (χ1) is 8.46. The van der Waals surface area contributed by atoms with Crippen LogP contribution in [0.3, 0.4) is 0 Å². The van der Waals surface area contributed by atoms with E-state index in [1.54, 1.807) is 13.0 Å². The molecule has 3 atom stereocenters. The van der Waals surface area contributed by atoms with Gasteiger partial charge in [-0.15, -0.1) is 0 Å². The summed E-state index contributed by atoms with van der Waals surface area (Å²) < 4.78 is 41.7. The van der Waals surface area contributed by atoms with Crippen molar-refractivity contribution in [2.45, 2.75) is 31.4 Å². The first-order valence-electron chi connectivity index (χ1n) is 5.64. The average molecular weight is 322 g/mol. The Morgan fingerprint density at radius 1 is 1.50 bits per heavy atom. The summed E-state index contributed by atoms with van der Waals surface area (Å²) >= 11 is 3.22. The van der Waals surface area contributed by atoms with Crippen LogP contribution < -0.4 is 5.48 Å². The van der Waals surface area contributed by atoms with E-state index in [-0.39, 0.29) is 17.6 Å². The fourth-order valence-electron chi connectivity index (χ4n) is 2.64. The van der Waals surface area contributed by atoms with E-state index in [4.69, 9.17) is 4.84 Å². The van der Waals surface area contributed by atoms with Crippen molar-refractivity contribution in [1.29, 1.82) is 0 Å². The van der Waals surface area contributed by atoms with Gasteiger partial charge in [-0.05, 0) is 31.0 Å². The maximum Gasteiger partial charge on any atom is 0.263 e. The van der Waals surface area contributed by atoms with Gasteiger partial charge in [0.15, 0.2) is 0 Å². The monoisotopic (exact) mass is 321 g/mol. The third-order valence-electron chi connectivity index (χ3n) is 3.71. The molecule has 3 rings (SSSR count). The summed E-state index contributed by atoms with van der Waals surface area (Å²) in [6.45, 7) is 1.56. The number of nitrogens with one attached hydrogen (secondary N) is 1. The van der Waals surface area contributed by atoms with Crippen molar-refractivity contribution < 1.29 is 18.0 Å². The van der Waals surface area contributed by atoms with Crippen molar-refractivity contribution in [1.82, 2.24) is 5.48 Å². The first kappa shape index (κ1) is 12.4. The molecule has 1 aliphatic heterocycles. The zero-order valence-electron chi connectivity index (χ0n) is 9.51. The van der Waals surface area contributed by atoms with E-state index in [2.05, 4.69) is 21.4 Å². The van der Waals surface area contributed by atoms with Crippen LogP contribution in [0.4, 0.5) is 13.2 Å². The highest BCUT2D eigenvalue weighted by atomic mass is 79.9. The molecule has 1 heterocycles. The third kappa shape index (κ3) is 1.55. The molecule has 0 spiro atoms. The lowest BCUT2D eigenvalue weighted by atomic mass is 9.85. The smallest absolute Gasteiger partial charge is 0.263 e. The molecular weight excluding hydrogens is 311 g/mol. The van der Waals surface area contributed by atoms with E-state index >= 15 is 0 Å². The fraction of sp³-hybridized carbons (Fsp3) is 0.500. The minimum Gasteiger partial charge on any atom is -0.297 e. The largest absolute Gasteiger partial charge is 0.297 e. The number of aryl methyl sites for hydroxylation is 1. The highest BCUT2D eigenvalue weighted by Crippen LogP contribution is 2.56. The van der Waals surface area contributed by atoms with Gasteiger partial charge in [0.05, 0.1) is 6.10 Å². The number of rotatable bonds is 2. The number of alkyl halides is 2. The Balaban J connectivity index is 2.17. The first-order valence-corrected chi connectivity index (χ1v) is 6.43. The van der Waals surface area contributed by atoms with Gasteiger partial charge in [-0.3, -0.25) is 4.84 Å². The van der Waals surface area contributed by atoms with Crippen LogP contribution in [0.1, 0.15) is 17.5 Å². The van der Waals surface area contributed by atoms with E-state index in [1.807, 2.05) is 0 Å². The molecule has 18 heavy (non-hydrogen) atoms. The summed E-state index contributed by atoms with van der Waals surface area (Å²) in [4.78, 5) is 5.08. The maximum atomic E-state index is 14.2. The van der Waals surface area contributed by atoms with Crippen LogP contribution in [0.2, 0.25) is 0 Å². The van der Waals surface area contributed by atoms with Crippen LogP contribution in [0.25, 0.3) is 0 Å². The maximum absolute atomic E-state index is 14.2. The molecule has 1 aromatic rings. The van der Waals surface area contributed by atoms with Crippen molar-refractivity contribution in [2.24, 2.45) is 5.92 Å². The summed E-state index contributed by atoms with van der Waals surface area (Å²) in [6, 6.07) is 2.98. The predicted molar refractivity (Wildman–Crippen MR) is 62.6 cm³/mol. The molecule has 1 N–H and O–H groups in total. The van der Waals surface area contributed by atoms with Gasteiger partial charge in [0.2, 0.25) is 0 Å². The Kier molecular flexibility index (Phi) is 2.73. The number of fused-ring (bicyclic) bond motifs is 1. The predicted octanol–water partition coefficient (Wildman–Crippen LogP) is 3.28. The highest BCUT2D eigenvalue weighted by molar-refractivity contribution is 9.10. The molecule has 2 unspecified atom stereocenters. The second-order valence-electron chi connectivity index (χ2n) is 4.85. The van der Waals surface area contributed by atoms with Gasteiger partial charge in [-0.2, -0.15) is 5.48 Å². The Hall–Kier alpha value is -0.590. The molecule has 0 bridgehead atoms. The third-order valence-corrected chi connectivity index (χ3v) is 4.16. The SMILES string of the molecule is Cc1cc(Br)cc(C2(C(F)F)NOC3C[C@@H]32)c1F. The number of hydroxylamine groups is 1. The molecule has 1 aliphatic carbocycles. The van der Waals surface area contributed by atoms with Crippen molar-refractivity contribution in [3.63, 3.8) is 0 Å². The number of benzene rings is 1. The molecular formula is C12H11BrF3NO. The second-order valence-corrected chi connectivity index (χ2v) is 5.77. The molecule has 1 saturated carbocycles. The molecule has 0 amide bonds. The van der Waals surface area contributed by atoms with Gasteiger partial charge in [-0.1, -0.05) is 15.9 Å². The Labute approximate surface area is 111 Å². The molecule has 2 nitrogen and oxygen atoms in total. The summed E-state index contributed by atoms with van der Waals surface area (Å²) in [7, 11) is 0. The Morgan fingerprint density at radius 2 is 2.22 bits per heavy atom. The zero-order valence-corrected chi connectivity index (χ0v) is 11.1. The number of hydrogen-bond acceptors (Lipinski definition) is 2. The molecule has 1 aromatic carbocycles. The van der Waals surface area contributed by atoms with E-state index in [9.17, 15) is 13.2 Å². The Morgan fingerprint density at radius 3 is 2.72 bits per heavy atom. The molecule has 1 saturated heterocycles. The lowest BCUT2D eigenvalue weighted by molar-refractivity contribution is -0.0567. The highest BCUT2D eigenvalue weighted by Gasteiger charge is 2.66. The van der Waals surface area contributed by atoms with Gasteiger partial charge in [0.25, 0.3) is 6.43 Å². The lowest BCUT2D eigenvalue weighted by Crippen LogP contribution is -2.47. The van der Waals surface area contributed by atoms with Crippen LogP contribution in [0.5, 0.6) is 0 Å². The van der Waals surface area contributed by atoms with Crippen LogP contribution in [-0.2, 0) is 10.4 Å². The van der Waals surface area contributed by atoms with E-state index in [0.717, 1.165) is 0 Å². The topological polar surface area (TPSA) is 21.3 Å².